The van der Waals surface area contributed by atoms with E-state index in [0.717, 1.165) is 0 Å². The van der Waals surface area contributed by atoms with Gasteiger partial charge in [0.2, 0.25) is 0 Å². The first-order chi connectivity index (χ1) is 14.2. The average Bonchev–Trinajstić information content (AvgIpc) is 2.60. The van der Waals surface area contributed by atoms with Gasteiger partial charge in [0.25, 0.3) is 0 Å². The molecule has 0 aromatic rings. The quantitative estimate of drug-likeness (QED) is 0.211. The van der Waals surface area contributed by atoms with Crippen LogP contribution in [0.5, 0.6) is 0 Å². The molecule has 0 aromatic carbocycles. The number of rotatable bonds is 8. The summed E-state index contributed by atoms with van der Waals surface area (Å²) >= 11 is 0. The van der Waals surface area contributed by atoms with Crippen LogP contribution in [-0.4, -0.2) is 153 Å². The molecular weight excluding hydrogens is 400 g/mol. The lowest BCUT2D eigenvalue weighted by Crippen LogP contribution is -2.45. The first-order valence-electron chi connectivity index (χ1n) is 10.2. The molecule has 1 rings (SSSR count). The van der Waals surface area contributed by atoms with Crippen molar-refractivity contribution in [2.75, 3.05) is 78.5 Å². The molecule has 0 unspecified atom stereocenters. The number of β-amino-alcohol motifs (C(OH)–C–C–N with tert-alkyl or cyclic N) is 4. The normalized spacial score (nSPS) is 20.5. The van der Waals surface area contributed by atoms with Gasteiger partial charge in [0.15, 0.2) is 12.6 Å². The highest BCUT2D eigenvalue weighted by molar-refractivity contribution is 5.69. The van der Waals surface area contributed by atoms with E-state index in [1.165, 1.54) is 0 Å². The Labute approximate surface area is 176 Å². The molecule has 1 saturated heterocycles. The number of hydrogen-bond acceptors (Lipinski definition) is 10. The Morgan fingerprint density at radius 1 is 0.567 bits per heavy atom. The van der Waals surface area contributed by atoms with Gasteiger partial charge in [-0.1, -0.05) is 0 Å². The maximum Gasteiger partial charge on any atom is 0.317 e. The minimum atomic E-state index is -1.50. The second-order valence-corrected chi connectivity index (χ2v) is 7.61. The predicted octanol–water partition coefficient (Wildman–Crippen LogP) is -3.22. The van der Waals surface area contributed by atoms with Gasteiger partial charge in [0, 0.05) is 52.4 Å². The van der Waals surface area contributed by atoms with Crippen molar-refractivity contribution >= 4 is 11.9 Å². The predicted molar refractivity (Wildman–Crippen MR) is 107 cm³/mol. The SMILES string of the molecule is O=C(O)CN1CCCN(CC(=O)O)CCN(CC(O)O)CCCN(CC(O)O)CC1. The highest BCUT2D eigenvalue weighted by Gasteiger charge is 2.18. The number of nitrogens with zero attached hydrogens (tertiary/aromatic N) is 4. The van der Waals surface area contributed by atoms with Crippen LogP contribution in [-0.2, 0) is 9.59 Å². The summed E-state index contributed by atoms with van der Waals surface area (Å²) in [6.45, 7) is 3.53. The van der Waals surface area contributed by atoms with Crippen molar-refractivity contribution in [3.05, 3.63) is 0 Å². The van der Waals surface area contributed by atoms with E-state index in [9.17, 15) is 30.0 Å². The lowest BCUT2D eigenvalue weighted by Gasteiger charge is -2.31. The Kier molecular flexibility index (Phi) is 13.0. The molecule has 0 aromatic heterocycles. The van der Waals surface area contributed by atoms with Crippen molar-refractivity contribution in [2.45, 2.75) is 25.4 Å². The van der Waals surface area contributed by atoms with Crippen molar-refractivity contribution in [1.82, 2.24) is 19.6 Å². The lowest BCUT2D eigenvalue weighted by atomic mass is 10.2. The summed E-state index contributed by atoms with van der Waals surface area (Å²) in [6, 6.07) is 0. The summed E-state index contributed by atoms with van der Waals surface area (Å²) in [4.78, 5) is 29.5. The van der Waals surface area contributed by atoms with Crippen LogP contribution < -0.4 is 0 Å². The van der Waals surface area contributed by atoms with Gasteiger partial charge in [-0.25, -0.2) is 0 Å². The minimum absolute atomic E-state index is 0.0376. The van der Waals surface area contributed by atoms with Crippen LogP contribution in [0, 0.1) is 0 Å². The van der Waals surface area contributed by atoms with Gasteiger partial charge in [0.05, 0.1) is 13.1 Å². The molecule has 0 amide bonds. The van der Waals surface area contributed by atoms with Gasteiger partial charge >= 0.3 is 11.9 Å². The molecule has 30 heavy (non-hydrogen) atoms. The highest BCUT2D eigenvalue weighted by Crippen LogP contribution is 2.04. The fraction of sp³-hybridized carbons (Fsp3) is 0.889. The molecular formula is C18H36N4O8. The van der Waals surface area contributed by atoms with E-state index in [-0.39, 0.29) is 26.2 Å². The monoisotopic (exact) mass is 436 g/mol. The molecule has 1 aliphatic heterocycles. The van der Waals surface area contributed by atoms with E-state index < -0.39 is 24.5 Å². The van der Waals surface area contributed by atoms with Gasteiger partial charge in [0.1, 0.15) is 0 Å². The van der Waals surface area contributed by atoms with Crippen LogP contribution in [0.4, 0.5) is 0 Å². The van der Waals surface area contributed by atoms with E-state index in [0.29, 0.717) is 65.2 Å². The van der Waals surface area contributed by atoms with Gasteiger partial charge < -0.3 is 30.6 Å². The van der Waals surface area contributed by atoms with Crippen molar-refractivity contribution < 1.29 is 40.2 Å². The summed E-state index contributed by atoms with van der Waals surface area (Å²) in [5.41, 5.74) is 0. The summed E-state index contributed by atoms with van der Waals surface area (Å²) in [6.07, 6.45) is -1.81. The fourth-order valence-corrected chi connectivity index (χ4v) is 3.57. The minimum Gasteiger partial charge on any atom is -0.480 e. The molecule has 1 aliphatic rings. The molecule has 12 heteroatoms. The molecule has 0 radical (unpaired) electrons. The van der Waals surface area contributed by atoms with Gasteiger partial charge in [-0.05, 0) is 25.9 Å². The molecule has 0 spiro atoms. The number of carboxylic acid groups (broad SMARTS) is 2. The Balaban J connectivity index is 2.85. The standard InChI is InChI=1S/C18H36N4O8/c23-15(24)11-19-3-1-4-20(12-16(25)26)8-10-22(14-18(29)30)6-2-5-21(9-7-19)13-17(27)28/h15-16,23-26H,1-14H2,(H,27,28)(H,29,30). The van der Waals surface area contributed by atoms with Gasteiger partial charge in [-0.2, -0.15) is 0 Å². The van der Waals surface area contributed by atoms with Gasteiger partial charge in [-0.15, -0.1) is 0 Å². The molecule has 12 nitrogen and oxygen atoms in total. The maximum absolute atomic E-state index is 11.2. The van der Waals surface area contributed by atoms with Crippen molar-refractivity contribution in [2.24, 2.45) is 0 Å². The van der Waals surface area contributed by atoms with Crippen molar-refractivity contribution in [3.63, 3.8) is 0 Å². The molecule has 0 aliphatic carbocycles. The van der Waals surface area contributed by atoms with E-state index in [1.807, 2.05) is 9.80 Å². The zero-order valence-corrected chi connectivity index (χ0v) is 17.3. The number of hydrogen-bond donors (Lipinski definition) is 6. The first kappa shape index (κ1) is 26.7. The largest absolute Gasteiger partial charge is 0.480 e. The van der Waals surface area contributed by atoms with Crippen LogP contribution in [0.25, 0.3) is 0 Å². The summed E-state index contributed by atoms with van der Waals surface area (Å²) in [5, 5.41) is 55.6. The molecule has 0 saturated carbocycles. The Hall–Kier alpha value is -1.38. The Bertz CT molecular complexity index is 467. The summed E-state index contributed by atoms with van der Waals surface area (Å²) < 4.78 is 0. The number of aliphatic hydroxyl groups excluding tert-OH is 2. The van der Waals surface area contributed by atoms with Crippen molar-refractivity contribution in [1.29, 1.82) is 0 Å². The number of aliphatic carboxylic acids is 2. The zero-order valence-electron chi connectivity index (χ0n) is 17.3. The number of aliphatic hydroxyl groups is 4. The summed E-state index contributed by atoms with van der Waals surface area (Å²) in [7, 11) is 0. The zero-order chi connectivity index (χ0) is 22.5. The third kappa shape index (κ3) is 13.0. The second-order valence-electron chi connectivity index (χ2n) is 7.61. The highest BCUT2D eigenvalue weighted by atomic mass is 16.5. The second kappa shape index (κ2) is 14.6. The van der Waals surface area contributed by atoms with Crippen LogP contribution in [0.2, 0.25) is 0 Å². The van der Waals surface area contributed by atoms with E-state index in [2.05, 4.69) is 0 Å². The smallest absolute Gasteiger partial charge is 0.317 e. The third-order valence-corrected chi connectivity index (χ3v) is 4.92. The van der Waals surface area contributed by atoms with Crippen molar-refractivity contribution in [3.8, 4) is 0 Å². The molecule has 6 N–H and O–H groups in total. The van der Waals surface area contributed by atoms with E-state index >= 15 is 0 Å². The van der Waals surface area contributed by atoms with Gasteiger partial charge in [-0.3, -0.25) is 29.2 Å². The molecule has 0 atom stereocenters. The van der Waals surface area contributed by atoms with Crippen LogP contribution in [0.15, 0.2) is 0 Å². The number of carbonyl (C=O) groups is 2. The van der Waals surface area contributed by atoms with E-state index in [1.54, 1.807) is 9.80 Å². The lowest BCUT2D eigenvalue weighted by molar-refractivity contribution is -0.139. The summed E-state index contributed by atoms with van der Waals surface area (Å²) in [5.74, 6) is -1.91. The fourth-order valence-electron chi connectivity index (χ4n) is 3.57. The topological polar surface area (TPSA) is 168 Å². The third-order valence-electron chi connectivity index (χ3n) is 4.92. The Morgan fingerprint density at radius 2 is 0.867 bits per heavy atom. The first-order valence-corrected chi connectivity index (χ1v) is 10.2. The van der Waals surface area contributed by atoms with E-state index in [4.69, 9.17) is 10.2 Å². The Morgan fingerprint density at radius 3 is 1.17 bits per heavy atom. The average molecular weight is 437 g/mol. The molecule has 0 bridgehead atoms. The molecule has 176 valence electrons. The van der Waals surface area contributed by atoms with Crippen LogP contribution >= 0.6 is 0 Å². The molecule has 1 fully saturated rings. The maximum atomic E-state index is 11.2. The molecule has 1 heterocycles. The van der Waals surface area contributed by atoms with Crippen LogP contribution in [0.3, 0.4) is 0 Å². The van der Waals surface area contributed by atoms with Crippen LogP contribution in [0.1, 0.15) is 12.8 Å². The number of carboxylic acids is 2.